The van der Waals surface area contributed by atoms with Crippen molar-refractivity contribution in [1.82, 2.24) is 4.90 Å². The summed E-state index contributed by atoms with van der Waals surface area (Å²) in [5.41, 5.74) is 1.82. The smallest absolute Gasteiger partial charge is 0.260 e. The second-order valence-corrected chi connectivity index (χ2v) is 8.03. The number of hydrogen-bond acceptors (Lipinski definition) is 4. The average Bonchev–Trinajstić information content (AvgIpc) is 2.84. The second-order valence-electron chi connectivity index (χ2n) is 7.59. The van der Waals surface area contributed by atoms with Gasteiger partial charge in [-0.05, 0) is 54.6 Å². The summed E-state index contributed by atoms with van der Waals surface area (Å²) in [5, 5.41) is 3.19. The van der Waals surface area contributed by atoms with E-state index >= 15 is 0 Å². The van der Waals surface area contributed by atoms with Gasteiger partial charge in [0.25, 0.3) is 11.8 Å². The first-order chi connectivity index (χ1) is 16.0. The lowest BCUT2D eigenvalue weighted by Crippen LogP contribution is -2.50. The minimum atomic E-state index is -0.376. The zero-order valence-electron chi connectivity index (χ0n) is 17.8. The third-order valence-corrected chi connectivity index (χ3v) is 5.63. The maximum atomic E-state index is 13.1. The second kappa shape index (κ2) is 10.4. The number of hydrogen-bond donors (Lipinski definition) is 1. The Labute approximate surface area is 196 Å². The summed E-state index contributed by atoms with van der Waals surface area (Å²) >= 11 is 6.08. The summed E-state index contributed by atoms with van der Waals surface area (Å²) < 4.78 is 18.9. The Kier molecular flexibility index (Phi) is 7.10. The van der Waals surface area contributed by atoms with Crippen LogP contribution in [-0.4, -0.2) is 49.5 Å². The summed E-state index contributed by atoms with van der Waals surface area (Å²) in [5.74, 6) is -0.535. The van der Waals surface area contributed by atoms with E-state index in [1.807, 2.05) is 18.2 Å². The van der Waals surface area contributed by atoms with Gasteiger partial charge in [0.2, 0.25) is 0 Å². The van der Waals surface area contributed by atoms with Crippen molar-refractivity contribution in [3.63, 3.8) is 0 Å². The molecule has 1 heterocycles. The predicted octanol–water partition coefficient (Wildman–Crippen LogP) is 4.46. The standard InChI is InChI=1S/C25H23ClFN3O3/c26-18-6-11-23(22(16-18)25(32)28-20-4-2-1-3-5-20)33-17-24(31)30-14-12-29(13-15-30)21-9-7-19(27)8-10-21/h1-11,16H,12-15,17H2,(H,28,32). The predicted molar refractivity (Wildman–Crippen MR) is 127 cm³/mol. The SMILES string of the molecule is O=C(Nc1ccccc1)c1cc(Cl)ccc1OCC(=O)N1CCN(c2ccc(F)cc2)CC1. The van der Waals surface area contributed by atoms with Crippen LogP contribution in [-0.2, 0) is 4.79 Å². The number of ether oxygens (including phenoxy) is 1. The monoisotopic (exact) mass is 467 g/mol. The number of halogens is 2. The molecule has 2 amide bonds. The van der Waals surface area contributed by atoms with Crippen molar-refractivity contribution in [1.29, 1.82) is 0 Å². The molecule has 0 aliphatic carbocycles. The number of nitrogens with one attached hydrogen (secondary N) is 1. The highest BCUT2D eigenvalue weighted by Gasteiger charge is 2.22. The fraction of sp³-hybridized carbons (Fsp3) is 0.200. The highest BCUT2D eigenvalue weighted by atomic mass is 35.5. The van der Waals surface area contributed by atoms with Gasteiger partial charge in [-0.2, -0.15) is 0 Å². The molecule has 3 aromatic carbocycles. The van der Waals surface area contributed by atoms with Gasteiger partial charge >= 0.3 is 0 Å². The molecule has 0 radical (unpaired) electrons. The average molecular weight is 468 g/mol. The molecule has 0 saturated carbocycles. The van der Waals surface area contributed by atoms with E-state index in [0.717, 1.165) is 5.69 Å². The first kappa shape index (κ1) is 22.6. The zero-order chi connectivity index (χ0) is 23.2. The van der Waals surface area contributed by atoms with Crippen molar-refractivity contribution in [3.8, 4) is 5.75 Å². The van der Waals surface area contributed by atoms with E-state index in [9.17, 15) is 14.0 Å². The first-order valence-corrected chi connectivity index (χ1v) is 10.9. The lowest BCUT2D eigenvalue weighted by molar-refractivity contribution is -0.133. The van der Waals surface area contributed by atoms with Crippen LogP contribution in [0.3, 0.4) is 0 Å². The Morgan fingerprint density at radius 1 is 0.939 bits per heavy atom. The molecule has 0 bridgehead atoms. The molecule has 1 aliphatic rings. The van der Waals surface area contributed by atoms with E-state index < -0.39 is 0 Å². The van der Waals surface area contributed by atoms with Crippen molar-refractivity contribution >= 4 is 34.8 Å². The molecule has 1 aliphatic heterocycles. The quantitative estimate of drug-likeness (QED) is 0.581. The molecule has 1 fully saturated rings. The third kappa shape index (κ3) is 5.81. The lowest BCUT2D eigenvalue weighted by Gasteiger charge is -2.36. The Morgan fingerprint density at radius 2 is 1.64 bits per heavy atom. The van der Waals surface area contributed by atoms with Gasteiger partial charge < -0.3 is 19.9 Å². The lowest BCUT2D eigenvalue weighted by atomic mass is 10.1. The molecule has 0 spiro atoms. The number of benzene rings is 3. The molecule has 0 atom stereocenters. The number of anilines is 2. The molecule has 4 rings (SSSR count). The summed E-state index contributed by atoms with van der Waals surface area (Å²) in [6.45, 7) is 2.15. The number of piperazine rings is 1. The molecular weight excluding hydrogens is 445 g/mol. The Hall–Kier alpha value is -3.58. The normalized spacial score (nSPS) is 13.5. The first-order valence-electron chi connectivity index (χ1n) is 10.6. The maximum absolute atomic E-state index is 13.1. The molecule has 0 unspecified atom stereocenters. The minimum Gasteiger partial charge on any atom is -0.483 e. The minimum absolute atomic E-state index is 0.168. The van der Waals surface area contributed by atoms with Gasteiger partial charge in [0, 0.05) is 42.6 Å². The highest BCUT2D eigenvalue weighted by Crippen LogP contribution is 2.24. The van der Waals surface area contributed by atoms with Crippen LogP contribution in [0.4, 0.5) is 15.8 Å². The third-order valence-electron chi connectivity index (χ3n) is 5.39. The van der Waals surface area contributed by atoms with E-state index in [-0.39, 0.29) is 35.6 Å². The summed E-state index contributed by atoms with van der Waals surface area (Å²) in [4.78, 5) is 29.3. The van der Waals surface area contributed by atoms with Crippen LogP contribution in [0.5, 0.6) is 5.75 Å². The molecule has 8 heteroatoms. The number of nitrogens with zero attached hydrogens (tertiary/aromatic N) is 2. The van der Waals surface area contributed by atoms with Crippen LogP contribution in [0.25, 0.3) is 0 Å². The molecule has 1 saturated heterocycles. The van der Waals surface area contributed by atoms with Gasteiger partial charge in [-0.25, -0.2) is 4.39 Å². The van der Waals surface area contributed by atoms with Crippen molar-refractivity contribution in [2.75, 3.05) is 43.0 Å². The number of carbonyl (C=O) groups excluding carboxylic acids is 2. The molecule has 33 heavy (non-hydrogen) atoms. The molecular formula is C25H23ClFN3O3. The number of amides is 2. The van der Waals surface area contributed by atoms with Crippen LogP contribution in [0.2, 0.25) is 5.02 Å². The van der Waals surface area contributed by atoms with Gasteiger partial charge in [-0.1, -0.05) is 29.8 Å². The number of carbonyl (C=O) groups is 2. The van der Waals surface area contributed by atoms with Crippen LogP contribution >= 0.6 is 11.6 Å². The van der Waals surface area contributed by atoms with Gasteiger partial charge in [0.1, 0.15) is 11.6 Å². The Bertz CT molecular complexity index is 1120. The summed E-state index contributed by atoms with van der Waals surface area (Å²) in [7, 11) is 0. The highest BCUT2D eigenvalue weighted by molar-refractivity contribution is 6.31. The molecule has 170 valence electrons. The van der Waals surface area contributed by atoms with Crippen LogP contribution in [0.1, 0.15) is 10.4 Å². The van der Waals surface area contributed by atoms with E-state index in [2.05, 4.69) is 10.2 Å². The topological polar surface area (TPSA) is 61.9 Å². The van der Waals surface area contributed by atoms with E-state index in [0.29, 0.717) is 36.9 Å². The Morgan fingerprint density at radius 3 is 2.33 bits per heavy atom. The molecule has 0 aromatic heterocycles. The largest absolute Gasteiger partial charge is 0.483 e. The zero-order valence-corrected chi connectivity index (χ0v) is 18.6. The Balaban J connectivity index is 1.35. The van der Waals surface area contributed by atoms with Crippen molar-refractivity contribution in [2.45, 2.75) is 0 Å². The molecule has 1 N–H and O–H groups in total. The number of rotatable bonds is 6. The molecule has 6 nitrogen and oxygen atoms in total. The van der Waals surface area contributed by atoms with Crippen LogP contribution < -0.4 is 15.0 Å². The number of para-hydroxylation sites is 1. The van der Waals surface area contributed by atoms with Crippen molar-refractivity contribution in [2.24, 2.45) is 0 Å². The van der Waals surface area contributed by atoms with E-state index in [1.165, 1.54) is 18.2 Å². The summed E-state index contributed by atoms with van der Waals surface area (Å²) in [6, 6.07) is 20.1. The van der Waals surface area contributed by atoms with Crippen LogP contribution in [0.15, 0.2) is 72.8 Å². The summed E-state index contributed by atoms with van der Waals surface area (Å²) in [6.07, 6.45) is 0. The van der Waals surface area contributed by atoms with Gasteiger partial charge in [-0.15, -0.1) is 0 Å². The van der Waals surface area contributed by atoms with Crippen molar-refractivity contribution < 1.29 is 18.7 Å². The fourth-order valence-electron chi connectivity index (χ4n) is 3.62. The van der Waals surface area contributed by atoms with Gasteiger partial charge in [0.05, 0.1) is 5.56 Å². The van der Waals surface area contributed by atoms with Crippen LogP contribution in [0, 0.1) is 5.82 Å². The van der Waals surface area contributed by atoms with Gasteiger partial charge in [-0.3, -0.25) is 9.59 Å². The van der Waals surface area contributed by atoms with E-state index in [4.69, 9.17) is 16.3 Å². The molecule has 3 aromatic rings. The van der Waals surface area contributed by atoms with E-state index in [1.54, 1.807) is 41.3 Å². The van der Waals surface area contributed by atoms with Gasteiger partial charge in [0.15, 0.2) is 6.61 Å². The van der Waals surface area contributed by atoms with Crippen molar-refractivity contribution in [3.05, 3.63) is 89.2 Å². The fourth-order valence-corrected chi connectivity index (χ4v) is 3.79. The maximum Gasteiger partial charge on any atom is 0.260 e.